The van der Waals surface area contributed by atoms with Crippen molar-refractivity contribution >= 4 is 5.70 Å². The molecule has 0 N–H and O–H groups in total. The van der Waals surface area contributed by atoms with E-state index in [9.17, 15) is 5.26 Å². The van der Waals surface area contributed by atoms with Crippen LogP contribution in [0.4, 0.5) is 0 Å². The standard InChI is InChI=1S/C17H21N3/c1-11-19-4-5-20(11)16(2-3-18)17-14-7-12-6-13(9-14)10-15(17)8-12/h2,4-5,12-15,17H,6-10H2,1H3/b16-2-. The summed E-state index contributed by atoms with van der Waals surface area (Å²) in [5.74, 6) is 5.12. The predicted molar refractivity (Wildman–Crippen MR) is 77.4 cm³/mol. The van der Waals surface area contributed by atoms with E-state index in [0.29, 0.717) is 5.92 Å². The minimum atomic E-state index is 0.579. The second-order valence-corrected chi connectivity index (χ2v) is 7.00. The van der Waals surface area contributed by atoms with Crippen LogP contribution >= 0.6 is 0 Å². The molecular weight excluding hydrogens is 246 g/mol. The highest BCUT2D eigenvalue weighted by Crippen LogP contribution is 2.58. The summed E-state index contributed by atoms with van der Waals surface area (Å²) in [5, 5.41) is 9.22. The summed E-state index contributed by atoms with van der Waals surface area (Å²) in [5.41, 5.74) is 1.20. The second kappa shape index (κ2) is 4.48. The van der Waals surface area contributed by atoms with Crippen molar-refractivity contribution in [3.8, 4) is 6.07 Å². The van der Waals surface area contributed by atoms with Gasteiger partial charge in [0, 0.05) is 30.1 Å². The van der Waals surface area contributed by atoms with E-state index >= 15 is 0 Å². The predicted octanol–water partition coefficient (Wildman–Crippen LogP) is 3.63. The molecule has 3 heteroatoms. The monoisotopic (exact) mass is 267 g/mol. The first kappa shape index (κ1) is 12.2. The molecule has 1 aromatic rings. The molecule has 0 aliphatic heterocycles. The van der Waals surface area contributed by atoms with Gasteiger partial charge in [-0.3, -0.25) is 0 Å². The van der Waals surface area contributed by atoms with E-state index in [1.807, 2.05) is 19.3 Å². The molecule has 4 bridgehead atoms. The van der Waals surface area contributed by atoms with Gasteiger partial charge in [-0.05, 0) is 62.7 Å². The van der Waals surface area contributed by atoms with Gasteiger partial charge in [-0.1, -0.05) is 0 Å². The number of nitriles is 1. The van der Waals surface area contributed by atoms with Crippen molar-refractivity contribution in [2.45, 2.75) is 39.0 Å². The Kier molecular flexibility index (Phi) is 2.73. The Morgan fingerprint density at radius 1 is 1.25 bits per heavy atom. The third-order valence-electron chi connectivity index (χ3n) is 5.88. The molecule has 0 radical (unpaired) electrons. The zero-order valence-electron chi connectivity index (χ0n) is 12.0. The Hall–Kier alpha value is -1.56. The fourth-order valence-corrected chi connectivity index (χ4v) is 5.45. The number of aryl methyl sites for hydroxylation is 1. The molecule has 0 saturated heterocycles. The van der Waals surface area contributed by atoms with Gasteiger partial charge in [-0.15, -0.1) is 0 Å². The van der Waals surface area contributed by atoms with Crippen LogP contribution in [0.25, 0.3) is 5.70 Å². The van der Waals surface area contributed by atoms with E-state index in [0.717, 1.165) is 29.5 Å². The maximum Gasteiger partial charge on any atom is 0.109 e. The smallest absolute Gasteiger partial charge is 0.109 e. The summed E-state index contributed by atoms with van der Waals surface area (Å²) < 4.78 is 2.15. The molecule has 5 rings (SSSR count). The molecule has 1 aromatic heterocycles. The quantitative estimate of drug-likeness (QED) is 0.768. The van der Waals surface area contributed by atoms with E-state index in [2.05, 4.69) is 15.6 Å². The number of hydrogen-bond acceptors (Lipinski definition) is 2. The van der Waals surface area contributed by atoms with Gasteiger partial charge in [0.25, 0.3) is 0 Å². The molecular formula is C17H21N3. The lowest BCUT2D eigenvalue weighted by Crippen LogP contribution is -2.46. The van der Waals surface area contributed by atoms with Crippen LogP contribution in [0, 0.1) is 47.8 Å². The maximum atomic E-state index is 9.22. The van der Waals surface area contributed by atoms with Crippen molar-refractivity contribution in [3.63, 3.8) is 0 Å². The summed E-state index contributed by atoms with van der Waals surface area (Å²) >= 11 is 0. The molecule has 4 saturated carbocycles. The van der Waals surface area contributed by atoms with E-state index in [4.69, 9.17) is 0 Å². The molecule has 20 heavy (non-hydrogen) atoms. The average molecular weight is 267 g/mol. The number of imidazole rings is 1. The van der Waals surface area contributed by atoms with Gasteiger partial charge in [-0.25, -0.2) is 4.98 Å². The van der Waals surface area contributed by atoms with Gasteiger partial charge < -0.3 is 4.57 Å². The Morgan fingerprint density at radius 3 is 2.40 bits per heavy atom. The van der Waals surface area contributed by atoms with E-state index in [1.54, 1.807) is 6.08 Å². The minimum absolute atomic E-state index is 0.579. The van der Waals surface area contributed by atoms with Crippen molar-refractivity contribution < 1.29 is 0 Å². The zero-order valence-corrected chi connectivity index (χ0v) is 12.0. The topological polar surface area (TPSA) is 41.6 Å². The molecule has 0 aromatic carbocycles. The molecule has 1 heterocycles. The Labute approximate surface area is 120 Å². The third kappa shape index (κ3) is 1.74. The summed E-state index contributed by atoms with van der Waals surface area (Å²) in [4.78, 5) is 4.34. The van der Waals surface area contributed by atoms with Gasteiger partial charge >= 0.3 is 0 Å². The Morgan fingerprint density at radius 2 is 1.90 bits per heavy atom. The summed E-state index contributed by atoms with van der Waals surface area (Å²) in [6.45, 7) is 2.03. The lowest BCUT2D eigenvalue weighted by Gasteiger charge is -2.55. The number of aromatic nitrogens is 2. The van der Waals surface area contributed by atoms with Crippen LogP contribution in [0.1, 0.15) is 37.9 Å². The summed E-state index contributed by atoms with van der Waals surface area (Å²) in [6.07, 6.45) is 12.6. The fraction of sp³-hybridized carbons (Fsp3) is 0.647. The van der Waals surface area contributed by atoms with Crippen molar-refractivity contribution in [3.05, 3.63) is 24.3 Å². The van der Waals surface area contributed by atoms with Crippen LogP contribution in [-0.4, -0.2) is 9.55 Å². The first-order chi connectivity index (χ1) is 9.76. The van der Waals surface area contributed by atoms with Gasteiger partial charge in [0.1, 0.15) is 5.82 Å². The van der Waals surface area contributed by atoms with Gasteiger partial charge in [0.2, 0.25) is 0 Å². The van der Waals surface area contributed by atoms with E-state index in [1.165, 1.54) is 37.8 Å². The average Bonchev–Trinajstić information content (AvgIpc) is 2.82. The lowest BCUT2D eigenvalue weighted by molar-refractivity contribution is -0.0139. The van der Waals surface area contributed by atoms with Crippen molar-refractivity contribution in [1.82, 2.24) is 9.55 Å². The largest absolute Gasteiger partial charge is 0.307 e. The number of nitrogens with zero attached hydrogens (tertiary/aromatic N) is 3. The van der Waals surface area contributed by atoms with Crippen LogP contribution in [0.5, 0.6) is 0 Å². The first-order valence-corrected chi connectivity index (χ1v) is 7.86. The molecule has 0 atom stereocenters. The molecule has 104 valence electrons. The second-order valence-electron chi connectivity index (χ2n) is 7.00. The highest BCUT2D eigenvalue weighted by molar-refractivity contribution is 5.54. The number of allylic oxidation sites excluding steroid dienone is 2. The normalized spacial score (nSPS) is 39.0. The van der Waals surface area contributed by atoms with Gasteiger partial charge in [0.15, 0.2) is 0 Å². The lowest BCUT2D eigenvalue weighted by atomic mass is 9.51. The molecule has 4 fully saturated rings. The van der Waals surface area contributed by atoms with Crippen LogP contribution in [-0.2, 0) is 0 Å². The van der Waals surface area contributed by atoms with E-state index in [-0.39, 0.29) is 0 Å². The minimum Gasteiger partial charge on any atom is -0.307 e. The Bertz CT molecular complexity index is 562. The zero-order chi connectivity index (χ0) is 13.7. The molecule has 0 amide bonds. The molecule has 0 spiro atoms. The van der Waals surface area contributed by atoms with Crippen LogP contribution in [0.15, 0.2) is 18.5 Å². The first-order valence-electron chi connectivity index (χ1n) is 7.86. The molecule has 4 aliphatic carbocycles. The molecule has 4 aliphatic rings. The van der Waals surface area contributed by atoms with Crippen LogP contribution in [0.3, 0.4) is 0 Å². The number of hydrogen-bond donors (Lipinski definition) is 0. The van der Waals surface area contributed by atoms with Gasteiger partial charge in [0.05, 0.1) is 6.07 Å². The molecule has 3 nitrogen and oxygen atoms in total. The van der Waals surface area contributed by atoms with E-state index < -0.39 is 0 Å². The summed E-state index contributed by atoms with van der Waals surface area (Å²) in [6, 6.07) is 2.28. The highest BCUT2D eigenvalue weighted by Gasteiger charge is 2.49. The van der Waals surface area contributed by atoms with Gasteiger partial charge in [-0.2, -0.15) is 5.26 Å². The fourth-order valence-electron chi connectivity index (χ4n) is 5.45. The van der Waals surface area contributed by atoms with Crippen molar-refractivity contribution in [1.29, 1.82) is 5.26 Å². The van der Waals surface area contributed by atoms with Crippen molar-refractivity contribution in [2.75, 3.05) is 0 Å². The summed E-state index contributed by atoms with van der Waals surface area (Å²) in [7, 11) is 0. The van der Waals surface area contributed by atoms with Crippen LogP contribution in [0.2, 0.25) is 0 Å². The SMILES string of the molecule is Cc1nccn1/C(=C\C#N)C1C2CC3CC(C2)CC1C3. The molecule has 0 unspecified atom stereocenters. The maximum absolute atomic E-state index is 9.22. The third-order valence-corrected chi connectivity index (χ3v) is 5.88. The van der Waals surface area contributed by atoms with Crippen LogP contribution < -0.4 is 0 Å². The number of rotatable bonds is 2. The Balaban J connectivity index is 1.73. The van der Waals surface area contributed by atoms with Crippen molar-refractivity contribution in [2.24, 2.45) is 29.6 Å². The highest BCUT2D eigenvalue weighted by atomic mass is 15.1.